The average molecular weight is 314 g/mol. The quantitative estimate of drug-likeness (QED) is 0.767. The third-order valence-electron chi connectivity index (χ3n) is 4.24. The topological polar surface area (TPSA) is 28.4 Å². The fourth-order valence-corrected chi connectivity index (χ4v) is 2.81. The Bertz CT molecular complexity index is 562. The van der Waals surface area contributed by atoms with Gasteiger partial charge in [0.2, 0.25) is 0 Å². The molecule has 23 heavy (non-hydrogen) atoms. The van der Waals surface area contributed by atoms with Crippen molar-refractivity contribution in [3.63, 3.8) is 0 Å². The summed E-state index contributed by atoms with van der Waals surface area (Å²) in [5, 5.41) is 10.5. The molecule has 0 aliphatic rings. The highest BCUT2D eigenvalue weighted by Gasteiger charge is 2.14. The van der Waals surface area contributed by atoms with Crippen molar-refractivity contribution < 1.29 is 5.11 Å². The number of aliphatic hydroxyl groups excluding tert-OH is 1. The van der Waals surface area contributed by atoms with Crippen LogP contribution in [-0.4, -0.2) is 33.8 Å². The Labute approximate surface area is 140 Å². The molecule has 0 amide bonds. The van der Waals surface area contributed by atoms with E-state index in [1.54, 1.807) is 0 Å². The normalized spacial score (nSPS) is 13.0. The maximum Gasteiger partial charge on any atom is 0.0707 e. The van der Waals surface area contributed by atoms with Gasteiger partial charge >= 0.3 is 0 Å². The molecule has 0 spiro atoms. The lowest BCUT2D eigenvalue weighted by Crippen LogP contribution is -2.35. The summed E-state index contributed by atoms with van der Waals surface area (Å²) in [6.45, 7) is 7.13. The number of rotatable bonds is 9. The monoisotopic (exact) mass is 314 g/mol. The molecular weight excluding hydrogens is 284 g/mol. The van der Waals surface area contributed by atoms with Crippen molar-refractivity contribution in [3.8, 4) is 0 Å². The van der Waals surface area contributed by atoms with Gasteiger partial charge < -0.3 is 9.67 Å². The predicted octanol–water partition coefficient (Wildman–Crippen LogP) is 3.48. The van der Waals surface area contributed by atoms with E-state index in [0.29, 0.717) is 18.9 Å². The van der Waals surface area contributed by atoms with Crippen LogP contribution in [0.3, 0.4) is 0 Å². The number of aryl methyl sites for hydroxylation is 1. The third-order valence-corrected chi connectivity index (χ3v) is 4.24. The summed E-state index contributed by atoms with van der Waals surface area (Å²) in [5.74, 6) is 0.678. The number of hydrogen-bond acceptors (Lipinski definition) is 2. The number of benzene rings is 1. The molecule has 1 unspecified atom stereocenters. The number of hydrogen-bond donors (Lipinski definition) is 1. The molecule has 0 fully saturated rings. The molecule has 1 aromatic carbocycles. The summed E-state index contributed by atoms with van der Waals surface area (Å²) in [4.78, 5) is 2.38. The fourth-order valence-electron chi connectivity index (χ4n) is 2.81. The Morgan fingerprint density at radius 1 is 1.09 bits per heavy atom. The van der Waals surface area contributed by atoms with E-state index in [4.69, 9.17) is 0 Å². The van der Waals surface area contributed by atoms with Crippen LogP contribution in [0.2, 0.25) is 0 Å². The van der Waals surface area contributed by atoms with E-state index in [1.807, 2.05) is 18.2 Å². The van der Waals surface area contributed by atoms with E-state index < -0.39 is 0 Å². The van der Waals surface area contributed by atoms with Gasteiger partial charge in [-0.15, -0.1) is 0 Å². The van der Waals surface area contributed by atoms with Crippen LogP contribution >= 0.6 is 0 Å². The molecule has 1 atom stereocenters. The van der Waals surface area contributed by atoms with Crippen LogP contribution < -0.4 is 0 Å². The zero-order valence-electron chi connectivity index (χ0n) is 14.7. The van der Waals surface area contributed by atoms with E-state index >= 15 is 0 Å². The summed E-state index contributed by atoms with van der Waals surface area (Å²) in [6.07, 6.45) is 3.62. The first-order chi connectivity index (χ1) is 11.0. The second kappa shape index (κ2) is 8.90. The van der Waals surface area contributed by atoms with Crippen LogP contribution in [0.4, 0.5) is 0 Å². The van der Waals surface area contributed by atoms with E-state index in [1.165, 1.54) is 11.3 Å². The minimum absolute atomic E-state index is 0.329. The van der Waals surface area contributed by atoms with Crippen LogP contribution in [0.15, 0.2) is 48.7 Å². The Morgan fingerprint density at radius 3 is 2.43 bits per heavy atom. The molecule has 0 saturated carbocycles. The molecule has 1 N–H and O–H groups in total. The summed E-state index contributed by atoms with van der Waals surface area (Å²) in [7, 11) is 2.08. The molecular formula is C20H30N2O. The van der Waals surface area contributed by atoms with E-state index in [2.05, 4.69) is 60.8 Å². The average Bonchev–Trinajstić information content (AvgIpc) is 2.91. The van der Waals surface area contributed by atoms with Gasteiger partial charge in [-0.1, -0.05) is 44.2 Å². The molecule has 0 saturated heterocycles. The lowest BCUT2D eigenvalue weighted by molar-refractivity contribution is 0.104. The lowest BCUT2D eigenvalue weighted by Gasteiger charge is -2.26. The van der Waals surface area contributed by atoms with Gasteiger partial charge in [0.1, 0.15) is 0 Å². The van der Waals surface area contributed by atoms with Crippen LogP contribution in [-0.2, 0) is 20.0 Å². The summed E-state index contributed by atoms with van der Waals surface area (Å²) in [5.41, 5.74) is 2.49. The zero-order valence-corrected chi connectivity index (χ0v) is 14.7. The molecule has 0 bridgehead atoms. The van der Waals surface area contributed by atoms with Crippen molar-refractivity contribution in [3.05, 3.63) is 59.9 Å². The number of aromatic nitrogens is 1. The van der Waals surface area contributed by atoms with Gasteiger partial charge in [-0.05, 0) is 43.0 Å². The molecule has 1 aromatic heterocycles. The Kier molecular flexibility index (Phi) is 6.87. The minimum atomic E-state index is -0.329. The minimum Gasteiger partial charge on any atom is -0.391 e. The van der Waals surface area contributed by atoms with Crippen molar-refractivity contribution >= 4 is 0 Å². The highest BCUT2D eigenvalue weighted by molar-refractivity contribution is 5.15. The lowest BCUT2D eigenvalue weighted by atomic mass is 10.1. The van der Waals surface area contributed by atoms with Gasteiger partial charge in [-0.25, -0.2) is 0 Å². The van der Waals surface area contributed by atoms with E-state index in [0.717, 1.165) is 19.5 Å². The molecule has 2 rings (SSSR count). The molecule has 126 valence electrons. The summed E-state index contributed by atoms with van der Waals surface area (Å²) in [6, 6.07) is 14.5. The maximum atomic E-state index is 10.5. The van der Waals surface area contributed by atoms with Crippen molar-refractivity contribution in [2.24, 2.45) is 13.0 Å². The predicted molar refractivity (Wildman–Crippen MR) is 96.3 cm³/mol. The Balaban J connectivity index is 1.94. The second-order valence-corrected chi connectivity index (χ2v) is 6.87. The largest absolute Gasteiger partial charge is 0.391 e. The molecule has 0 aliphatic carbocycles. The summed E-state index contributed by atoms with van der Waals surface area (Å²) >= 11 is 0. The second-order valence-electron chi connectivity index (χ2n) is 6.87. The number of aliphatic hydroxyl groups is 1. The smallest absolute Gasteiger partial charge is 0.0707 e. The van der Waals surface area contributed by atoms with Crippen molar-refractivity contribution in [1.82, 2.24) is 9.47 Å². The van der Waals surface area contributed by atoms with Crippen molar-refractivity contribution in [2.45, 2.75) is 39.3 Å². The van der Waals surface area contributed by atoms with Crippen LogP contribution in [0.25, 0.3) is 0 Å². The van der Waals surface area contributed by atoms with Gasteiger partial charge in [-0.2, -0.15) is 0 Å². The van der Waals surface area contributed by atoms with Crippen molar-refractivity contribution in [1.29, 1.82) is 0 Å². The van der Waals surface area contributed by atoms with Crippen LogP contribution in [0, 0.1) is 5.92 Å². The highest BCUT2D eigenvalue weighted by Crippen LogP contribution is 2.11. The SMILES string of the molecule is CC(C)CCN(Cc1cccn1C)CC(O)Cc1ccccc1. The Hall–Kier alpha value is -1.58. The molecule has 0 aliphatic heterocycles. The first-order valence-corrected chi connectivity index (χ1v) is 8.59. The van der Waals surface area contributed by atoms with Gasteiger partial charge in [0.15, 0.2) is 0 Å². The van der Waals surface area contributed by atoms with Gasteiger partial charge in [0, 0.05) is 32.0 Å². The first-order valence-electron chi connectivity index (χ1n) is 8.59. The highest BCUT2D eigenvalue weighted by atomic mass is 16.3. The maximum absolute atomic E-state index is 10.5. The van der Waals surface area contributed by atoms with Gasteiger partial charge in [0.25, 0.3) is 0 Å². The van der Waals surface area contributed by atoms with E-state index in [9.17, 15) is 5.11 Å². The molecule has 3 nitrogen and oxygen atoms in total. The standard InChI is InChI=1S/C20H30N2O/c1-17(2)11-13-22(15-19-10-7-12-21(19)3)16-20(23)14-18-8-5-4-6-9-18/h4-10,12,17,20,23H,11,13-16H2,1-3H3. The first kappa shape index (κ1) is 17.8. The van der Waals surface area contributed by atoms with Gasteiger partial charge in [-0.3, -0.25) is 4.90 Å². The molecule has 3 heteroatoms. The van der Waals surface area contributed by atoms with E-state index in [-0.39, 0.29) is 6.10 Å². The number of nitrogens with zero attached hydrogens (tertiary/aromatic N) is 2. The van der Waals surface area contributed by atoms with Crippen molar-refractivity contribution in [2.75, 3.05) is 13.1 Å². The third kappa shape index (κ3) is 6.20. The fraction of sp³-hybridized carbons (Fsp3) is 0.500. The zero-order chi connectivity index (χ0) is 16.7. The molecule has 0 radical (unpaired) electrons. The Morgan fingerprint density at radius 2 is 1.83 bits per heavy atom. The molecule has 2 aromatic rings. The van der Waals surface area contributed by atoms with Gasteiger partial charge in [0.05, 0.1) is 6.10 Å². The molecule has 1 heterocycles. The summed E-state index contributed by atoms with van der Waals surface area (Å²) < 4.78 is 2.16. The van der Waals surface area contributed by atoms with Crippen LogP contribution in [0.1, 0.15) is 31.5 Å². The van der Waals surface area contributed by atoms with Crippen LogP contribution in [0.5, 0.6) is 0 Å².